The van der Waals surface area contributed by atoms with Crippen LogP contribution in [-0.4, -0.2) is 46.0 Å². The van der Waals surface area contributed by atoms with Crippen molar-refractivity contribution in [3.63, 3.8) is 0 Å². The second kappa shape index (κ2) is 7.31. The topological polar surface area (TPSA) is 57.6 Å². The van der Waals surface area contributed by atoms with Crippen molar-refractivity contribution in [1.29, 1.82) is 0 Å². The van der Waals surface area contributed by atoms with E-state index in [1.165, 1.54) is 6.08 Å². The second-order valence-electron chi connectivity index (χ2n) is 4.95. The highest BCUT2D eigenvalue weighted by molar-refractivity contribution is 8.00. The van der Waals surface area contributed by atoms with Crippen LogP contribution in [0.1, 0.15) is 29.3 Å². The molecular formula is C16H19NO3S. The Hall–Kier alpha value is -1.75. The summed E-state index contributed by atoms with van der Waals surface area (Å²) >= 11 is 1.92. The van der Waals surface area contributed by atoms with Crippen molar-refractivity contribution >= 4 is 29.7 Å². The maximum Gasteiger partial charge on any atom is 0.328 e. The number of nitrogens with zero attached hydrogens (tertiary/aromatic N) is 1. The summed E-state index contributed by atoms with van der Waals surface area (Å²) in [4.78, 5) is 25.0. The Bertz CT molecular complexity index is 556. The van der Waals surface area contributed by atoms with Crippen molar-refractivity contribution in [3.05, 3.63) is 41.5 Å². The molecule has 1 aromatic rings. The van der Waals surface area contributed by atoms with E-state index < -0.39 is 5.97 Å². The Morgan fingerprint density at radius 1 is 1.48 bits per heavy atom. The number of amides is 1. The standard InChI is InChI=1S/C16H19NO3S/c1-2-14-11-17(8-9-21-14)16(20)13-5-3-4-12(10-13)6-7-15(18)19/h3-7,10,14H,2,8-9,11H2,1H3,(H,18,19)/b7-6+. The summed E-state index contributed by atoms with van der Waals surface area (Å²) in [6.07, 6.45) is 3.64. The summed E-state index contributed by atoms with van der Waals surface area (Å²) in [5.74, 6) is 0.00737. The fourth-order valence-electron chi connectivity index (χ4n) is 2.28. The van der Waals surface area contributed by atoms with Gasteiger partial charge in [0.2, 0.25) is 0 Å². The van der Waals surface area contributed by atoms with Crippen molar-refractivity contribution in [1.82, 2.24) is 4.90 Å². The largest absolute Gasteiger partial charge is 0.478 e. The van der Waals surface area contributed by atoms with Crippen LogP contribution in [0.5, 0.6) is 0 Å². The van der Waals surface area contributed by atoms with Crippen molar-refractivity contribution in [2.45, 2.75) is 18.6 Å². The first-order valence-electron chi connectivity index (χ1n) is 7.02. The molecule has 0 saturated carbocycles. The number of carboxylic acid groups (broad SMARTS) is 1. The highest BCUT2D eigenvalue weighted by atomic mass is 32.2. The molecule has 0 spiro atoms. The number of thioether (sulfide) groups is 1. The van der Waals surface area contributed by atoms with Gasteiger partial charge in [0, 0.05) is 35.7 Å². The van der Waals surface area contributed by atoms with E-state index >= 15 is 0 Å². The van der Waals surface area contributed by atoms with Gasteiger partial charge in [-0.25, -0.2) is 4.79 Å². The molecule has 1 heterocycles. The summed E-state index contributed by atoms with van der Waals surface area (Å²) < 4.78 is 0. The van der Waals surface area contributed by atoms with Gasteiger partial charge < -0.3 is 10.0 Å². The minimum absolute atomic E-state index is 0.0272. The molecular weight excluding hydrogens is 286 g/mol. The van der Waals surface area contributed by atoms with Crippen LogP contribution in [0.2, 0.25) is 0 Å². The van der Waals surface area contributed by atoms with Crippen LogP contribution < -0.4 is 0 Å². The van der Waals surface area contributed by atoms with Crippen LogP contribution in [0.3, 0.4) is 0 Å². The molecule has 4 nitrogen and oxygen atoms in total. The third-order valence-corrected chi connectivity index (χ3v) is 4.81. The highest BCUT2D eigenvalue weighted by Gasteiger charge is 2.23. The van der Waals surface area contributed by atoms with Crippen molar-refractivity contribution in [3.8, 4) is 0 Å². The number of aliphatic carboxylic acids is 1. The Morgan fingerprint density at radius 2 is 2.29 bits per heavy atom. The lowest BCUT2D eigenvalue weighted by Gasteiger charge is -2.32. The SMILES string of the molecule is CCC1CN(C(=O)c2cccc(/C=C/C(=O)O)c2)CCS1. The molecule has 1 aliphatic heterocycles. The van der Waals surface area contributed by atoms with Crippen LogP contribution in [0, 0.1) is 0 Å². The van der Waals surface area contributed by atoms with Crippen molar-refractivity contribution < 1.29 is 14.7 Å². The van der Waals surface area contributed by atoms with Gasteiger partial charge in [-0.15, -0.1) is 0 Å². The number of rotatable bonds is 4. The lowest BCUT2D eigenvalue weighted by molar-refractivity contribution is -0.131. The smallest absolute Gasteiger partial charge is 0.328 e. The average Bonchev–Trinajstić information content (AvgIpc) is 2.52. The molecule has 0 aromatic heterocycles. The monoisotopic (exact) mass is 305 g/mol. The molecule has 1 unspecified atom stereocenters. The zero-order valence-electron chi connectivity index (χ0n) is 12.0. The number of benzene rings is 1. The number of carboxylic acids is 1. The van der Waals surface area contributed by atoms with Gasteiger partial charge in [0.25, 0.3) is 5.91 Å². The van der Waals surface area contributed by atoms with E-state index in [0.29, 0.717) is 10.8 Å². The number of hydrogen-bond donors (Lipinski definition) is 1. The van der Waals surface area contributed by atoms with Gasteiger partial charge in [-0.3, -0.25) is 4.79 Å². The number of hydrogen-bond acceptors (Lipinski definition) is 3. The first kappa shape index (κ1) is 15.6. The third-order valence-electron chi connectivity index (χ3n) is 3.43. The van der Waals surface area contributed by atoms with Gasteiger partial charge in [-0.1, -0.05) is 19.1 Å². The molecule has 2 rings (SSSR count). The summed E-state index contributed by atoms with van der Waals surface area (Å²) in [6, 6.07) is 7.09. The normalized spacial score (nSPS) is 18.9. The molecule has 112 valence electrons. The quantitative estimate of drug-likeness (QED) is 0.869. The molecule has 0 bridgehead atoms. The van der Waals surface area contributed by atoms with E-state index in [2.05, 4.69) is 6.92 Å². The Labute approximate surface area is 128 Å². The molecule has 21 heavy (non-hydrogen) atoms. The Morgan fingerprint density at radius 3 is 3.00 bits per heavy atom. The van der Waals surface area contributed by atoms with Gasteiger partial charge in [-0.05, 0) is 30.2 Å². The Balaban J connectivity index is 2.12. The molecule has 0 aliphatic carbocycles. The van der Waals surface area contributed by atoms with E-state index in [1.54, 1.807) is 24.3 Å². The van der Waals surface area contributed by atoms with E-state index in [1.807, 2.05) is 16.7 Å². The molecule has 1 aromatic carbocycles. The van der Waals surface area contributed by atoms with Crippen LogP contribution >= 0.6 is 11.8 Å². The average molecular weight is 305 g/mol. The summed E-state index contributed by atoms with van der Waals surface area (Å²) in [5.41, 5.74) is 1.34. The van der Waals surface area contributed by atoms with Crippen LogP contribution in [0.4, 0.5) is 0 Å². The number of carbonyl (C=O) groups is 2. The lowest BCUT2D eigenvalue weighted by Crippen LogP contribution is -2.41. The van der Waals surface area contributed by atoms with Gasteiger partial charge in [0.15, 0.2) is 0 Å². The predicted molar refractivity (Wildman–Crippen MR) is 85.6 cm³/mol. The molecule has 1 N–H and O–H groups in total. The lowest BCUT2D eigenvalue weighted by atomic mass is 10.1. The van der Waals surface area contributed by atoms with Gasteiger partial charge in [0.1, 0.15) is 0 Å². The van der Waals surface area contributed by atoms with Gasteiger partial charge in [0.05, 0.1) is 0 Å². The van der Waals surface area contributed by atoms with Crippen LogP contribution in [0.25, 0.3) is 6.08 Å². The minimum Gasteiger partial charge on any atom is -0.478 e. The van der Waals surface area contributed by atoms with E-state index in [-0.39, 0.29) is 5.91 Å². The second-order valence-corrected chi connectivity index (χ2v) is 6.36. The van der Waals surface area contributed by atoms with E-state index in [4.69, 9.17) is 5.11 Å². The van der Waals surface area contributed by atoms with Gasteiger partial charge >= 0.3 is 5.97 Å². The first-order chi connectivity index (χ1) is 10.1. The fourth-order valence-corrected chi connectivity index (χ4v) is 3.46. The molecule has 1 fully saturated rings. The molecule has 1 atom stereocenters. The maximum atomic E-state index is 12.5. The summed E-state index contributed by atoms with van der Waals surface area (Å²) in [6.45, 7) is 3.70. The van der Waals surface area contributed by atoms with Crippen LogP contribution in [-0.2, 0) is 4.79 Å². The van der Waals surface area contributed by atoms with E-state index in [0.717, 1.165) is 36.9 Å². The summed E-state index contributed by atoms with van der Waals surface area (Å²) in [5, 5.41) is 9.16. The first-order valence-corrected chi connectivity index (χ1v) is 8.07. The minimum atomic E-state index is -0.995. The molecule has 0 radical (unpaired) electrons. The zero-order chi connectivity index (χ0) is 15.2. The molecule has 1 aliphatic rings. The maximum absolute atomic E-state index is 12.5. The summed E-state index contributed by atoms with van der Waals surface area (Å²) in [7, 11) is 0. The molecule has 1 saturated heterocycles. The zero-order valence-corrected chi connectivity index (χ0v) is 12.8. The number of carbonyl (C=O) groups excluding carboxylic acids is 1. The Kier molecular flexibility index (Phi) is 5.44. The van der Waals surface area contributed by atoms with Crippen LogP contribution in [0.15, 0.2) is 30.3 Å². The van der Waals surface area contributed by atoms with Crippen molar-refractivity contribution in [2.24, 2.45) is 0 Å². The van der Waals surface area contributed by atoms with Gasteiger partial charge in [-0.2, -0.15) is 11.8 Å². The van der Waals surface area contributed by atoms with Crippen molar-refractivity contribution in [2.75, 3.05) is 18.8 Å². The predicted octanol–water partition coefficient (Wildman–Crippen LogP) is 2.75. The molecule has 5 heteroatoms. The molecule has 1 amide bonds. The highest BCUT2D eigenvalue weighted by Crippen LogP contribution is 2.22. The van der Waals surface area contributed by atoms with E-state index in [9.17, 15) is 9.59 Å². The third kappa shape index (κ3) is 4.36. The fraction of sp³-hybridized carbons (Fsp3) is 0.375.